The summed E-state index contributed by atoms with van der Waals surface area (Å²) < 4.78 is 1.74. The molecule has 0 spiro atoms. The summed E-state index contributed by atoms with van der Waals surface area (Å²) in [5.74, 6) is 0.775. The second-order valence-electron chi connectivity index (χ2n) is 5.04. The number of anilines is 1. The van der Waals surface area contributed by atoms with Crippen LogP contribution in [0.1, 0.15) is 26.7 Å². The van der Waals surface area contributed by atoms with Crippen LogP contribution in [0.2, 0.25) is 0 Å². The Bertz CT molecular complexity index is 512. The third-order valence-electron chi connectivity index (χ3n) is 4.00. The zero-order valence-corrected chi connectivity index (χ0v) is 12.1. The maximum absolute atomic E-state index is 9.63. The first-order chi connectivity index (χ1) is 9.74. The molecule has 0 radical (unpaired) electrons. The SMILES string of the molecule is CCC(CC)(CO)CNc1cccnc1-n1cccn1. The summed E-state index contributed by atoms with van der Waals surface area (Å²) >= 11 is 0. The van der Waals surface area contributed by atoms with E-state index < -0.39 is 0 Å². The molecule has 5 nitrogen and oxygen atoms in total. The van der Waals surface area contributed by atoms with Gasteiger partial charge in [0.25, 0.3) is 0 Å². The van der Waals surface area contributed by atoms with Gasteiger partial charge >= 0.3 is 0 Å². The van der Waals surface area contributed by atoms with Crippen molar-refractivity contribution in [2.45, 2.75) is 26.7 Å². The van der Waals surface area contributed by atoms with Gasteiger partial charge in [-0.25, -0.2) is 9.67 Å². The average molecular weight is 274 g/mol. The van der Waals surface area contributed by atoms with E-state index >= 15 is 0 Å². The van der Waals surface area contributed by atoms with Gasteiger partial charge in [-0.15, -0.1) is 0 Å². The minimum absolute atomic E-state index is 0.0861. The van der Waals surface area contributed by atoms with Crippen LogP contribution in [0.3, 0.4) is 0 Å². The number of hydrogen-bond donors (Lipinski definition) is 2. The van der Waals surface area contributed by atoms with Crippen LogP contribution >= 0.6 is 0 Å². The number of rotatable bonds is 7. The Morgan fingerprint density at radius 1 is 1.25 bits per heavy atom. The van der Waals surface area contributed by atoms with Crippen LogP contribution in [-0.4, -0.2) is 33.0 Å². The molecule has 108 valence electrons. The van der Waals surface area contributed by atoms with Crippen molar-refractivity contribution in [1.29, 1.82) is 0 Å². The Kier molecular flexibility index (Phi) is 4.74. The number of aliphatic hydroxyl groups is 1. The molecule has 2 aromatic heterocycles. The lowest BCUT2D eigenvalue weighted by atomic mass is 9.83. The van der Waals surface area contributed by atoms with Gasteiger partial charge in [-0.2, -0.15) is 5.10 Å². The van der Waals surface area contributed by atoms with E-state index in [1.807, 2.05) is 24.4 Å². The largest absolute Gasteiger partial charge is 0.396 e. The molecule has 0 bridgehead atoms. The van der Waals surface area contributed by atoms with Crippen molar-refractivity contribution < 1.29 is 5.11 Å². The van der Waals surface area contributed by atoms with Gasteiger partial charge in [0, 0.05) is 30.6 Å². The third-order valence-corrected chi connectivity index (χ3v) is 4.00. The molecule has 0 saturated heterocycles. The average Bonchev–Trinajstić information content (AvgIpc) is 3.04. The van der Waals surface area contributed by atoms with E-state index in [0.717, 1.165) is 30.9 Å². The van der Waals surface area contributed by atoms with Gasteiger partial charge in [-0.3, -0.25) is 0 Å². The molecule has 0 saturated carbocycles. The molecule has 2 N–H and O–H groups in total. The summed E-state index contributed by atoms with van der Waals surface area (Å²) in [5, 5.41) is 17.3. The van der Waals surface area contributed by atoms with Crippen LogP contribution in [0, 0.1) is 5.41 Å². The summed E-state index contributed by atoms with van der Waals surface area (Å²) in [4.78, 5) is 4.37. The molecular formula is C15H22N4O. The van der Waals surface area contributed by atoms with Crippen LogP contribution in [0.15, 0.2) is 36.8 Å². The van der Waals surface area contributed by atoms with Crippen molar-refractivity contribution in [3.63, 3.8) is 0 Å². The minimum Gasteiger partial charge on any atom is -0.396 e. The first kappa shape index (κ1) is 14.5. The summed E-state index contributed by atoms with van der Waals surface area (Å²) in [6, 6.07) is 5.75. The van der Waals surface area contributed by atoms with Gasteiger partial charge in [0.05, 0.1) is 12.3 Å². The number of nitrogens with zero attached hydrogens (tertiary/aromatic N) is 3. The topological polar surface area (TPSA) is 63.0 Å². The van der Waals surface area contributed by atoms with Gasteiger partial charge in [0.2, 0.25) is 0 Å². The molecule has 0 aliphatic heterocycles. The van der Waals surface area contributed by atoms with Gasteiger partial charge in [-0.1, -0.05) is 13.8 Å². The summed E-state index contributed by atoms with van der Waals surface area (Å²) in [7, 11) is 0. The zero-order valence-electron chi connectivity index (χ0n) is 12.1. The van der Waals surface area contributed by atoms with E-state index in [4.69, 9.17) is 0 Å². The molecule has 2 aromatic rings. The highest BCUT2D eigenvalue weighted by molar-refractivity contribution is 5.56. The molecule has 2 heterocycles. The Hall–Kier alpha value is -1.88. The Balaban J connectivity index is 2.18. The monoisotopic (exact) mass is 274 g/mol. The van der Waals surface area contributed by atoms with Crippen LogP contribution in [0.4, 0.5) is 5.69 Å². The second-order valence-corrected chi connectivity index (χ2v) is 5.04. The van der Waals surface area contributed by atoms with Crippen LogP contribution in [0.5, 0.6) is 0 Å². The summed E-state index contributed by atoms with van der Waals surface area (Å²) in [6.45, 7) is 5.12. The number of pyridine rings is 1. The van der Waals surface area contributed by atoms with E-state index in [9.17, 15) is 5.11 Å². The quantitative estimate of drug-likeness (QED) is 0.814. The zero-order chi connectivity index (χ0) is 14.4. The molecule has 0 atom stereocenters. The first-order valence-corrected chi connectivity index (χ1v) is 7.04. The molecule has 20 heavy (non-hydrogen) atoms. The van der Waals surface area contributed by atoms with Crippen molar-refractivity contribution in [1.82, 2.24) is 14.8 Å². The molecule has 0 aliphatic carbocycles. The highest BCUT2D eigenvalue weighted by Crippen LogP contribution is 2.27. The molecule has 5 heteroatoms. The van der Waals surface area contributed by atoms with Crippen molar-refractivity contribution in [2.75, 3.05) is 18.5 Å². The van der Waals surface area contributed by atoms with Crippen LogP contribution < -0.4 is 5.32 Å². The molecule has 0 fully saturated rings. The lowest BCUT2D eigenvalue weighted by molar-refractivity contribution is 0.127. The fourth-order valence-corrected chi connectivity index (χ4v) is 2.17. The summed E-state index contributed by atoms with van der Waals surface area (Å²) in [6.07, 6.45) is 7.22. The number of hydrogen-bond acceptors (Lipinski definition) is 4. The van der Waals surface area contributed by atoms with Gasteiger partial charge in [0.15, 0.2) is 5.82 Å². The number of aromatic nitrogens is 3. The number of aliphatic hydroxyl groups excluding tert-OH is 1. The molecular weight excluding hydrogens is 252 g/mol. The smallest absolute Gasteiger partial charge is 0.176 e. The van der Waals surface area contributed by atoms with Gasteiger partial charge in [-0.05, 0) is 31.0 Å². The fraction of sp³-hybridized carbons (Fsp3) is 0.467. The molecule has 0 aromatic carbocycles. The standard InChI is InChI=1S/C15H22N4O/c1-3-15(4-2,12-20)11-17-13-7-5-8-16-14(13)19-10-6-9-18-19/h5-10,17,20H,3-4,11-12H2,1-2H3. The second kappa shape index (κ2) is 6.52. The van der Waals surface area contributed by atoms with Crippen LogP contribution in [-0.2, 0) is 0 Å². The Morgan fingerprint density at radius 2 is 2.05 bits per heavy atom. The third kappa shape index (κ3) is 2.99. The van der Waals surface area contributed by atoms with Crippen molar-refractivity contribution in [2.24, 2.45) is 5.41 Å². The van der Waals surface area contributed by atoms with E-state index in [2.05, 4.69) is 29.2 Å². The predicted molar refractivity (Wildman–Crippen MR) is 79.9 cm³/mol. The van der Waals surface area contributed by atoms with Crippen molar-refractivity contribution in [3.8, 4) is 5.82 Å². The fourth-order valence-electron chi connectivity index (χ4n) is 2.17. The van der Waals surface area contributed by atoms with Crippen molar-refractivity contribution in [3.05, 3.63) is 36.8 Å². The van der Waals surface area contributed by atoms with Crippen molar-refractivity contribution >= 4 is 5.69 Å². The highest BCUT2D eigenvalue weighted by Gasteiger charge is 2.25. The predicted octanol–water partition coefficient (Wildman–Crippen LogP) is 2.48. The van der Waals surface area contributed by atoms with Gasteiger partial charge in [0.1, 0.15) is 0 Å². The van der Waals surface area contributed by atoms with E-state index in [-0.39, 0.29) is 12.0 Å². The molecule has 0 amide bonds. The summed E-state index contributed by atoms with van der Waals surface area (Å²) in [5.41, 5.74) is 0.841. The lowest BCUT2D eigenvalue weighted by Gasteiger charge is -2.30. The minimum atomic E-state index is -0.0861. The van der Waals surface area contributed by atoms with E-state index in [0.29, 0.717) is 0 Å². The Morgan fingerprint density at radius 3 is 2.65 bits per heavy atom. The normalized spacial score (nSPS) is 11.6. The van der Waals surface area contributed by atoms with Crippen LogP contribution in [0.25, 0.3) is 5.82 Å². The van der Waals surface area contributed by atoms with Gasteiger partial charge < -0.3 is 10.4 Å². The highest BCUT2D eigenvalue weighted by atomic mass is 16.3. The van der Waals surface area contributed by atoms with E-state index in [1.54, 1.807) is 17.1 Å². The maximum Gasteiger partial charge on any atom is 0.176 e. The van der Waals surface area contributed by atoms with E-state index in [1.165, 1.54) is 0 Å². The molecule has 0 unspecified atom stereocenters. The molecule has 2 rings (SSSR count). The first-order valence-electron chi connectivity index (χ1n) is 7.04. The molecule has 0 aliphatic rings. The maximum atomic E-state index is 9.63. The Labute approximate surface area is 119 Å². The lowest BCUT2D eigenvalue weighted by Crippen LogP contribution is -2.32. The number of nitrogens with one attached hydrogen (secondary N) is 1.